The second-order valence-electron chi connectivity index (χ2n) is 2.83. The number of benzene rings is 1. The van der Waals surface area contributed by atoms with Crippen molar-refractivity contribution in [2.75, 3.05) is 0 Å². The van der Waals surface area contributed by atoms with Gasteiger partial charge in [0, 0.05) is 59.1 Å². The molecule has 1 aromatic rings. The molecule has 2 radical (unpaired) electrons. The number of phenols is 2. The quantitative estimate of drug-likeness (QED) is 0.453. The molecule has 1 rings (SSSR count). The monoisotopic (exact) mass is 309 g/mol. The molecular formula is C6H2FN3Na2O8. The molecule has 0 heterocycles. The number of aromatic hydroxyl groups is 2. The number of nitrogens with zero attached hydrogens (tertiary/aromatic N) is 3. The number of nitro benzene ring substituents is 3. The van der Waals surface area contributed by atoms with E-state index in [-0.39, 0.29) is 59.1 Å². The van der Waals surface area contributed by atoms with Gasteiger partial charge in [0.15, 0.2) is 0 Å². The molecule has 0 aliphatic carbocycles. The van der Waals surface area contributed by atoms with Gasteiger partial charge in [0.2, 0.25) is 0 Å². The van der Waals surface area contributed by atoms with Crippen LogP contribution in [0.2, 0.25) is 0 Å². The Labute approximate surface area is 152 Å². The first-order valence-electron chi connectivity index (χ1n) is 3.90. The predicted octanol–water partition coefficient (Wildman–Crippen LogP) is 0.200. The van der Waals surface area contributed by atoms with E-state index in [1.165, 1.54) is 0 Å². The molecular weight excluding hydrogens is 307 g/mol. The molecule has 0 bridgehead atoms. The first-order chi connectivity index (χ1) is 8.20. The summed E-state index contributed by atoms with van der Waals surface area (Å²) in [5.74, 6) is -5.78. The fourth-order valence-corrected chi connectivity index (χ4v) is 1.16. The fraction of sp³-hybridized carbons (Fsp3) is 0. The van der Waals surface area contributed by atoms with Gasteiger partial charge in [-0.25, -0.2) is 0 Å². The molecule has 0 aromatic heterocycles. The Kier molecular flexibility index (Phi) is 8.14. The smallest absolute Gasteiger partial charge is 0.366 e. The molecule has 11 nitrogen and oxygen atoms in total. The maximum Gasteiger partial charge on any atom is 0.366 e. The van der Waals surface area contributed by atoms with Crippen LogP contribution >= 0.6 is 0 Å². The topological polar surface area (TPSA) is 170 Å². The van der Waals surface area contributed by atoms with Crippen molar-refractivity contribution in [1.29, 1.82) is 0 Å². The maximum atomic E-state index is 13.3. The van der Waals surface area contributed by atoms with E-state index in [2.05, 4.69) is 0 Å². The van der Waals surface area contributed by atoms with Crippen molar-refractivity contribution in [3.05, 3.63) is 36.2 Å². The van der Waals surface area contributed by atoms with Crippen molar-refractivity contribution < 1.29 is 29.4 Å². The van der Waals surface area contributed by atoms with Gasteiger partial charge in [0.25, 0.3) is 17.3 Å². The van der Waals surface area contributed by atoms with Crippen LogP contribution < -0.4 is 0 Å². The van der Waals surface area contributed by atoms with Crippen LogP contribution in [0, 0.1) is 36.2 Å². The zero-order valence-corrected chi connectivity index (χ0v) is 14.1. The molecule has 14 heteroatoms. The molecule has 2 N–H and O–H groups in total. The normalized spacial score (nSPS) is 9.05. The number of hydrogen-bond donors (Lipinski definition) is 2. The molecule has 0 spiro atoms. The van der Waals surface area contributed by atoms with E-state index in [9.17, 15) is 34.7 Å². The summed E-state index contributed by atoms with van der Waals surface area (Å²) in [4.78, 5) is 26.5. The maximum absolute atomic E-state index is 13.3. The summed E-state index contributed by atoms with van der Waals surface area (Å²) in [6, 6.07) is 0. The van der Waals surface area contributed by atoms with Gasteiger partial charge in [-0.2, -0.15) is 4.39 Å². The zero-order chi connectivity index (χ0) is 14.2. The Morgan fingerprint density at radius 1 is 0.750 bits per heavy atom. The van der Waals surface area contributed by atoms with Crippen molar-refractivity contribution in [2.45, 2.75) is 0 Å². The largest absolute Gasteiger partial charge is 0.497 e. The predicted molar refractivity (Wildman–Crippen MR) is 61.2 cm³/mol. The first kappa shape index (κ1) is 21.3. The third-order valence-electron chi connectivity index (χ3n) is 1.86. The minimum Gasteiger partial charge on any atom is -0.497 e. The average molecular weight is 309 g/mol. The SMILES string of the molecule is O=[N+]([O-])c1c(O)c([N+](=O)[O-])c(F)c([N+](=O)[O-])c1O.[Na].[Na]. The summed E-state index contributed by atoms with van der Waals surface area (Å²) >= 11 is 0. The average Bonchev–Trinajstić information content (AvgIpc) is 2.14. The Hall–Kier alpha value is -1.05. The number of nitro groups is 3. The Balaban J connectivity index is 0. The van der Waals surface area contributed by atoms with Crippen LogP contribution in [0.1, 0.15) is 0 Å². The van der Waals surface area contributed by atoms with Crippen molar-refractivity contribution in [3.8, 4) is 11.5 Å². The zero-order valence-electron chi connectivity index (χ0n) is 10.1. The van der Waals surface area contributed by atoms with E-state index in [0.29, 0.717) is 0 Å². The van der Waals surface area contributed by atoms with Crippen LogP contribution in [0.5, 0.6) is 11.5 Å². The molecule has 0 amide bonds. The molecule has 0 saturated heterocycles. The third-order valence-corrected chi connectivity index (χ3v) is 1.86. The number of hydrogen-bond acceptors (Lipinski definition) is 8. The van der Waals surface area contributed by atoms with Crippen molar-refractivity contribution in [2.24, 2.45) is 0 Å². The van der Waals surface area contributed by atoms with Gasteiger partial charge in [-0.05, 0) is 0 Å². The third kappa shape index (κ3) is 3.53. The van der Waals surface area contributed by atoms with Crippen LogP contribution in [0.15, 0.2) is 0 Å². The van der Waals surface area contributed by atoms with Crippen LogP contribution in [0.4, 0.5) is 21.5 Å². The summed E-state index contributed by atoms with van der Waals surface area (Å²) < 4.78 is 13.3. The van der Waals surface area contributed by atoms with Gasteiger partial charge in [-0.1, -0.05) is 0 Å². The van der Waals surface area contributed by atoms with Crippen LogP contribution in [0.25, 0.3) is 0 Å². The van der Waals surface area contributed by atoms with E-state index >= 15 is 0 Å². The molecule has 0 atom stereocenters. The second kappa shape index (κ2) is 7.66. The second-order valence-corrected chi connectivity index (χ2v) is 2.83. The Bertz CT molecular complexity index is 492. The summed E-state index contributed by atoms with van der Waals surface area (Å²) in [6.07, 6.45) is 0. The van der Waals surface area contributed by atoms with Gasteiger partial charge in [0.1, 0.15) is 0 Å². The molecule has 1 aromatic carbocycles. The summed E-state index contributed by atoms with van der Waals surface area (Å²) in [7, 11) is 0. The first-order valence-corrected chi connectivity index (χ1v) is 3.90. The fourth-order valence-electron chi connectivity index (χ4n) is 1.16. The van der Waals surface area contributed by atoms with Crippen molar-refractivity contribution >= 4 is 76.2 Å². The number of halogens is 1. The Morgan fingerprint density at radius 3 is 1.20 bits per heavy atom. The van der Waals surface area contributed by atoms with Gasteiger partial charge >= 0.3 is 17.1 Å². The molecule has 98 valence electrons. The van der Waals surface area contributed by atoms with Gasteiger partial charge in [-0.3, -0.25) is 30.3 Å². The molecule has 0 fully saturated rings. The minimum atomic E-state index is -2.18. The van der Waals surface area contributed by atoms with E-state index in [4.69, 9.17) is 10.2 Å². The van der Waals surface area contributed by atoms with E-state index in [1.54, 1.807) is 0 Å². The minimum absolute atomic E-state index is 0. The van der Waals surface area contributed by atoms with E-state index < -0.39 is 49.1 Å². The van der Waals surface area contributed by atoms with Gasteiger partial charge in [0.05, 0.1) is 14.8 Å². The van der Waals surface area contributed by atoms with E-state index in [1.807, 2.05) is 0 Å². The van der Waals surface area contributed by atoms with Crippen LogP contribution in [-0.2, 0) is 0 Å². The van der Waals surface area contributed by atoms with Crippen molar-refractivity contribution in [3.63, 3.8) is 0 Å². The number of phenolic OH excluding ortho intramolecular Hbond substituents is 2. The van der Waals surface area contributed by atoms with Crippen molar-refractivity contribution in [1.82, 2.24) is 0 Å². The summed E-state index contributed by atoms with van der Waals surface area (Å²) in [6.45, 7) is 0. The molecule has 0 aliphatic heterocycles. The summed E-state index contributed by atoms with van der Waals surface area (Å²) in [5, 5.41) is 49.4. The van der Waals surface area contributed by atoms with E-state index in [0.717, 1.165) is 0 Å². The molecule has 20 heavy (non-hydrogen) atoms. The van der Waals surface area contributed by atoms with Crippen LogP contribution in [-0.4, -0.2) is 84.1 Å². The number of rotatable bonds is 3. The Morgan fingerprint density at radius 2 is 1.00 bits per heavy atom. The van der Waals surface area contributed by atoms with Gasteiger partial charge < -0.3 is 10.2 Å². The molecule has 0 unspecified atom stereocenters. The summed E-state index contributed by atoms with van der Waals surface area (Å²) in [5.41, 5.74) is -5.42. The van der Waals surface area contributed by atoms with Gasteiger partial charge in [-0.15, -0.1) is 0 Å². The molecule has 0 aliphatic rings. The standard InChI is InChI=1S/C6H2FN3O8.2Na/c7-1-2(8(13)14)5(11)4(10(17)18)6(12)3(1)9(15)16;;/h11-12H;;. The van der Waals surface area contributed by atoms with Crippen LogP contribution in [0.3, 0.4) is 0 Å². The molecule has 0 saturated carbocycles.